The van der Waals surface area contributed by atoms with Crippen LogP contribution in [0.15, 0.2) is 46.9 Å². The predicted molar refractivity (Wildman–Crippen MR) is 86.7 cm³/mol. The van der Waals surface area contributed by atoms with Crippen LogP contribution in [0, 0.1) is 6.92 Å². The summed E-state index contributed by atoms with van der Waals surface area (Å²) in [6, 6.07) is 13.5. The zero-order valence-electron chi connectivity index (χ0n) is 11.3. The van der Waals surface area contributed by atoms with E-state index in [-0.39, 0.29) is 5.91 Å². The number of carbonyl (C=O) groups is 1. The molecule has 0 aliphatic heterocycles. The predicted octanol–water partition coefficient (Wildman–Crippen LogP) is 3.91. The van der Waals surface area contributed by atoms with Crippen molar-refractivity contribution in [3.63, 3.8) is 0 Å². The van der Waals surface area contributed by atoms with Gasteiger partial charge < -0.3 is 11.1 Å². The lowest BCUT2D eigenvalue weighted by atomic mass is 10.0. The third-order valence-corrected chi connectivity index (χ3v) is 3.84. The number of nitrogen functional groups attached to an aromatic ring is 1. The molecule has 0 aromatic heterocycles. The highest BCUT2D eigenvalue weighted by atomic mass is 79.9. The highest BCUT2D eigenvalue weighted by molar-refractivity contribution is 9.10. The Kier molecular flexibility index (Phi) is 4.79. The number of benzene rings is 2. The van der Waals surface area contributed by atoms with Gasteiger partial charge >= 0.3 is 0 Å². The smallest absolute Gasteiger partial charge is 0.224 e. The monoisotopic (exact) mass is 332 g/mol. The van der Waals surface area contributed by atoms with Gasteiger partial charge in [0, 0.05) is 16.6 Å². The molecular formula is C16H17BrN2O. The van der Waals surface area contributed by atoms with E-state index in [1.807, 2.05) is 18.2 Å². The van der Waals surface area contributed by atoms with Crippen molar-refractivity contribution < 1.29 is 4.79 Å². The standard InChI is InChI=1S/C16H17BrN2O/c1-11-4-2-3-5-12(11)6-9-16(20)19-15-10-13(18)7-8-14(15)17/h2-5,7-8,10H,6,9,18H2,1H3,(H,19,20). The minimum Gasteiger partial charge on any atom is -0.399 e. The molecule has 0 heterocycles. The van der Waals surface area contributed by atoms with Crippen LogP contribution < -0.4 is 11.1 Å². The van der Waals surface area contributed by atoms with Crippen LogP contribution in [0.3, 0.4) is 0 Å². The largest absolute Gasteiger partial charge is 0.399 e. The molecule has 3 N–H and O–H groups in total. The Bertz CT molecular complexity index is 626. The number of hydrogen-bond acceptors (Lipinski definition) is 2. The van der Waals surface area contributed by atoms with Crippen molar-refractivity contribution in [3.05, 3.63) is 58.1 Å². The van der Waals surface area contributed by atoms with Gasteiger partial charge in [0.25, 0.3) is 0 Å². The average Bonchev–Trinajstić information content (AvgIpc) is 2.42. The van der Waals surface area contributed by atoms with E-state index in [9.17, 15) is 4.79 Å². The second-order valence-corrected chi connectivity index (χ2v) is 5.57. The summed E-state index contributed by atoms with van der Waals surface area (Å²) in [4.78, 5) is 12.0. The molecule has 2 aromatic rings. The fraction of sp³-hybridized carbons (Fsp3) is 0.188. The molecule has 0 atom stereocenters. The van der Waals surface area contributed by atoms with Crippen molar-refractivity contribution in [2.24, 2.45) is 0 Å². The lowest BCUT2D eigenvalue weighted by Gasteiger charge is -2.09. The zero-order chi connectivity index (χ0) is 14.5. The van der Waals surface area contributed by atoms with Gasteiger partial charge in [-0.3, -0.25) is 4.79 Å². The van der Waals surface area contributed by atoms with Crippen molar-refractivity contribution in [3.8, 4) is 0 Å². The van der Waals surface area contributed by atoms with E-state index >= 15 is 0 Å². The number of hydrogen-bond donors (Lipinski definition) is 2. The molecule has 3 nitrogen and oxygen atoms in total. The summed E-state index contributed by atoms with van der Waals surface area (Å²) in [5.74, 6) is -0.0143. The van der Waals surface area contributed by atoms with Crippen molar-refractivity contribution in [2.45, 2.75) is 19.8 Å². The van der Waals surface area contributed by atoms with E-state index < -0.39 is 0 Å². The molecule has 4 heteroatoms. The zero-order valence-corrected chi connectivity index (χ0v) is 12.9. The summed E-state index contributed by atoms with van der Waals surface area (Å²) < 4.78 is 0.830. The number of carbonyl (C=O) groups excluding carboxylic acids is 1. The summed E-state index contributed by atoms with van der Waals surface area (Å²) in [6.45, 7) is 2.06. The molecule has 0 fully saturated rings. The van der Waals surface area contributed by atoms with Crippen LogP contribution in [-0.4, -0.2) is 5.91 Å². The molecule has 20 heavy (non-hydrogen) atoms. The minimum absolute atomic E-state index is 0.0143. The van der Waals surface area contributed by atoms with Gasteiger partial charge in [0.1, 0.15) is 0 Å². The maximum Gasteiger partial charge on any atom is 0.224 e. The second kappa shape index (κ2) is 6.57. The van der Waals surface area contributed by atoms with Crippen LogP contribution in [0.25, 0.3) is 0 Å². The highest BCUT2D eigenvalue weighted by Crippen LogP contribution is 2.24. The van der Waals surface area contributed by atoms with Gasteiger partial charge in [0.15, 0.2) is 0 Å². The van der Waals surface area contributed by atoms with E-state index in [0.717, 1.165) is 10.9 Å². The number of aryl methyl sites for hydroxylation is 2. The minimum atomic E-state index is -0.0143. The topological polar surface area (TPSA) is 55.1 Å². The van der Waals surface area contributed by atoms with Crippen molar-refractivity contribution in [1.29, 1.82) is 0 Å². The molecule has 0 aliphatic rings. The molecule has 0 aliphatic carbocycles. The molecular weight excluding hydrogens is 316 g/mol. The molecule has 104 valence electrons. The first-order valence-electron chi connectivity index (χ1n) is 6.45. The molecule has 1 amide bonds. The maximum atomic E-state index is 12.0. The van der Waals surface area contributed by atoms with Crippen LogP contribution in [-0.2, 0) is 11.2 Å². The van der Waals surface area contributed by atoms with E-state index in [2.05, 4.69) is 40.3 Å². The van der Waals surface area contributed by atoms with Crippen molar-refractivity contribution >= 4 is 33.2 Å². The number of anilines is 2. The van der Waals surface area contributed by atoms with Crippen LogP contribution in [0.4, 0.5) is 11.4 Å². The first-order chi connectivity index (χ1) is 9.56. The van der Waals surface area contributed by atoms with E-state index in [1.54, 1.807) is 12.1 Å². The third-order valence-electron chi connectivity index (χ3n) is 3.15. The Labute approximate surface area is 127 Å². The van der Waals surface area contributed by atoms with Gasteiger partial charge in [-0.15, -0.1) is 0 Å². The van der Waals surface area contributed by atoms with E-state index in [4.69, 9.17) is 5.73 Å². The van der Waals surface area contributed by atoms with Gasteiger partial charge in [0.2, 0.25) is 5.91 Å². The Balaban J connectivity index is 1.96. The van der Waals surface area contributed by atoms with Crippen LogP contribution >= 0.6 is 15.9 Å². The van der Waals surface area contributed by atoms with Gasteiger partial charge in [-0.1, -0.05) is 24.3 Å². The maximum absolute atomic E-state index is 12.0. The van der Waals surface area contributed by atoms with Gasteiger partial charge in [-0.25, -0.2) is 0 Å². The van der Waals surface area contributed by atoms with Crippen molar-refractivity contribution in [2.75, 3.05) is 11.1 Å². The summed E-state index contributed by atoms with van der Waals surface area (Å²) in [7, 11) is 0. The fourth-order valence-corrected chi connectivity index (χ4v) is 2.34. The third kappa shape index (κ3) is 3.84. The lowest BCUT2D eigenvalue weighted by molar-refractivity contribution is -0.116. The first-order valence-corrected chi connectivity index (χ1v) is 7.25. The average molecular weight is 333 g/mol. The molecule has 2 aromatic carbocycles. The Hall–Kier alpha value is -1.81. The molecule has 0 radical (unpaired) electrons. The number of amides is 1. The molecule has 0 saturated heterocycles. The lowest BCUT2D eigenvalue weighted by Crippen LogP contribution is -2.13. The Morgan fingerprint density at radius 3 is 2.75 bits per heavy atom. The van der Waals surface area contributed by atoms with E-state index in [0.29, 0.717) is 17.8 Å². The second-order valence-electron chi connectivity index (χ2n) is 4.71. The Morgan fingerprint density at radius 2 is 2.00 bits per heavy atom. The molecule has 0 unspecified atom stereocenters. The van der Waals surface area contributed by atoms with Crippen LogP contribution in [0.5, 0.6) is 0 Å². The SMILES string of the molecule is Cc1ccccc1CCC(=O)Nc1cc(N)ccc1Br. The van der Waals surface area contributed by atoms with Gasteiger partial charge in [-0.2, -0.15) is 0 Å². The van der Waals surface area contributed by atoms with E-state index in [1.165, 1.54) is 11.1 Å². The summed E-state index contributed by atoms with van der Waals surface area (Å²) >= 11 is 3.40. The van der Waals surface area contributed by atoms with Gasteiger partial charge in [0.05, 0.1) is 5.69 Å². The molecule has 2 rings (SSSR count). The molecule has 0 spiro atoms. The fourth-order valence-electron chi connectivity index (χ4n) is 1.99. The highest BCUT2D eigenvalue weighted by Gasteiger charge is 2.07. The van der Waals surface area contributed by atoms with Crippen molar-refractivity contribution in [1.82, 2.24) is 0 Å². The summed E-state index contributed by atoms with van der Waals surface area (Å²) in [6.07, 6.45) is 1.19. The number of nitrogens with two attached hydrogens (primary N) is 1. The van der Waals surface area contributed by atoms with Crippen LogP contribution in [0.1, 0.15) is 17.5 Å². The number of halogens is 1. The quantitative estimate of drug-likeness (QED) is 0.834. The van der Waals surface area contributed by atoms with Crippen LogP contribution in [0.2, 0.25) is 0 Å². The molecule has 0 saturated carbocycles. The summed E-state index contributed by atoms with van der Waals surface area (Å²) in [5, 5.41) is 2.87. The van der Waals surface area contributed by atoms with Gasteiger partial charge in [-0.05, 0) is 58.6 Å². The number of rotatable bonds is 4. The molecule has 0 bridgehead atoms. The normalized spacial score (nSPS) is 10.3. The summed E-state index contributed by atoms with van der Waals surface area (Å²) in [5.41, 5.74) is 9.47. The first kappa shape index (κ1) is 14.6. The number of nitrogens with one attached hydrogen (secondary N) is 1. The Morgan fingerprint density at radius 1 is 1.25 bits per heavy atom.